The van der Waals surface area contributed by atoms with E-state index in [0.29, 0.717) is 12.4 Å². The average Bonchev–Trinajstić information content (AvgIpc) is 2.45. The molecule has 0 aromatic rings. The van der Waals surface area contributed by atoms with Gasteiger partial charge < -0.3 is 20.2 Å². The van der Waals surface area contributed by atoms with E-state index < -0.39 is 0 Å². The van der Waals surface area contributed by atoms with Crippen molar-refractivity contribution in [2.45, 2.75) is 71.6 Å². The molecule has 134 valence electrons. The van der Waals surface area contributed by atoms with Gasteiger partial charge in [0, 0.05) is 19.6 Å². The van der Waals surface area contributed by atoms with Crippen LogP contribution >= 0.6 is 0 Å². The highest BCUT2D eigenvalue weighted by Gasteiger charge is 2.03. The number of aliphatic hydroxyl groups excluding tert-OH is 3. The molecule has 4 heteroatoms. The van der Waals surface area contributed by atoms with Gasteiger partial charge >= 0.3 is 0 Å². The topological polar surface area (TPSA) is 63.9 Å². The summed E-state index contributed by atoms with van der Waals surface area (Å²) in [4.78, 5) is 2.34. The third kappa shape index (κ3) is 17.5. The Morgan fingerprint density at radius 1 is 0.682 bits per heavy atom. The van der Waals surface area contributed by atoms with E-state index in [0.717, 1.165) is 64.6 Å². The van der Waals surface area contributed by atoms with Gasteiger partial charge in [0.2, 0.25) is 0 Å². The second-order valence-electron chi connectivity index (χ2n) is 5.79. The Labute approximate surface area is 137 Å². The van der Waals surface area contributed by atoms with Gasteiger partial charge in [-0.1, -0.05) is 46.1 Å². The molecule has 0 bridgehead atoms. The number of rotatable bonds is 16. The van der Waals surface area contributed by atoms with Gasteiger partial charge in [0.25, 0.3) is 0 Å². The van der Waals surface area contributed by atoms with Crippen LogP contribution in [0.2, 0.25) is 0 Å². The fourth-order valence-electron chi connectivity index (χ4n) is 2.47. The third-order valence-electron chi connectivity index (χ3n) is 3.74. The van der Waals surface area contributed by atoms with Gasteiger partial charge in [-0.15, -0.1) is 0 Å². The lowest BCUT2D eigenvalue weighted by atomic mass is 10.1. The van der Waals surface area contributed by atoms with Crippen molar-refractivity contribution >= 4 is 0 Å². The largest absolute Gasteiger partial charge is 0.513 e. The van der Waals surface area contributed by atoms with Crippen LogP contribution in [-0.4, -0.2) is 53.1 Å². The number of hydrogen-bond acceptors (Lipinski definition) is 4. The van der Waals surface area contributed by atoms with E-state index in [2.05, 4.69) is 11.5 Å². The van der Waals surface area contributed by atoms with Gasteiger partial charge in [0.15, 0.2) is 0 Å². The summed E-state index contributed by atoms with van der Waals surface area (Å²) in [6.07, 6.45) is 10.8. The van der Waals surface area contributed by atoms with Crippen molar-refractivity contribution in [1.29, 1.82) is 0 Å². The second-order valence-corrected chi connectivity index (χ2v) is 5.79. The Morgan fingerprint density at radius 2 is 1.18 bits per heavy atom. The number of unbranched alkanes of at least 4 members (excludes halogenated alkanes) is 7. The molecule has 0 aliphatic carbocycles. The fourth-order valence-corrected chi connectivity index (χ4v) is 2.47. The van der Waals surface area contributed by atoms with Crippen LogP contribution < -0.4 is 0 Å². The van der Waals surface area contributed by atoms with Crippen LogP contribution in [-0.2, 0) is 0 Å². The van der Waals surface area contributed by atoms with E-state index in [9.17, 15) is 0 Å². The van der Waals surface area contributed by atoms with Crippen molar-refractivity contribution in [2.24, 2.45) is 0 Å². The molecule has 0 fully saturated rings. The van der Waals surface area contributed by atoms with E-state index in [1.165, 1.54) is 19.3 Å². The summed E-state index contributed by atoms with van der Waals surface area (Å²) >= 11 is 0. The molecule has 0 rings (SSSR count). The van der Waals surface area contributed by atoms with E-state index in [1.807, 2.05) is 0 Å². The van der Waals surface area contributed by atoms with Gasteiger partial charge in [-0.05, 0) is 38.8 Å². The molecule has 4 nitrogen and oxygen atoms in total. The Morgan fingerprint density at radius 3 is 1.68 bits per heavy atom. The summed E-state index contributed by atoms with van der Waals surface area (Å²) < 4.78 is 0. The standard InChI is InChI=1S/C17H35NO3.CH4/c1-17(21)11-7-3-2-4-8-12-18(14-16-20)13-9-5-6-10-15-19;/h19-21H,1-16H2;1H4. The van der Waals surface area contributed by atoms with Crippen LogP contribution in [0.3, 0.4) is 0 Å². The van der Waals surface area contributed by atoms with Crippen LogP contribution in [0.5, 0.6) is 0 Å². The quantitative estimate of drug-likeness (QED) is 0.298. The lowest BCUT2D eigenvalue weighted by Crippen LogP contribution is -2.29. The first-order valence-corrected chi connectivity index (χ1v) is 8.51. The van der Waals surface area contributed by atoms with Crippen molar-refractivity contribution < 1.29 is 15.3 Å². The van der Waals surface area contributed by atoms with Gasteiger partial charge in [-0.3, -0.25) is 0 Å². The Hall–Kier alpha value is -0.580. The molecule has 0 atom stereocenters. The average molecular weight is 318 g/mol. The number of nitrogens with zero attached hydrogens (tertiary/aromatic N) is 1. The fraction of sp³-hybridized carbons (Fsp3) is 0.889. The maximum atomic E-state index is 9.10. The Bertz CT molecular complexity index is 234. The van der Waals surface area contributed by atoms with Crippen LogP contribution in [0.25, 0.3) is 0 Å². The Balaban J connectivity index is 0. The predicted molar refractivity (Wildman–Crippen MR) is 95.3 cm³/mol. The van der Waals surface area contributed by atoms with E-state index >= 15 is 0 Å². The molecule has 0 amide bonds. The third-order valence-corrected chi connectivity index (χ3v) is 3.74. The molecule has 0 aliphatic heterocycles. The van der Waals surface area contributed by atoms with Gasteiger partial charge in [0.1, 0.15) is 0 Å². The normalized spacial score (nSPS) is 10.7. The van der Waals surface area contributed by atoms with Gasteiger partial charge in [-0.25, -0.2) is 0 Å². The summed E-state index contributed by atoms with van der Waals surface area (Å²) in [6, 6.07) is 0. The highest BCUT2D eigenvalue weighted by Crippen LogP contribution is 2.09. The lowest BCUT2D eigenvalue weighted by Gasteiger charge is -2.21. The number of hydrogen-bond donors (Lipinski definition) is 3. The second kappa shape index (κ2) is 18.5. The summed E-state index contributed by atoms with van der Waals surface area (Å²) in [6.45, 7) is 6.90. The van der Waals surface area contributed by atoms with Crippen molar-refractivity contribution in [2.75, 3.05) is 32.8 Å². The van der Waals surface area contributed by atoms with Gasteiger partial charge in [0.05, 0.1) is 12.4 Å². The summed E-state index contributed by atoms with van der Waals surface area (Å²) in [5.41, 5.74) is 0. The monoisotopic (exact) mass is 317 g/mol. The molecule has 0 aromatic heterocycles. The number of allylic oxidation sites excluding steroid dienone is 1. The highest BCUT2D eigenvalue weighted by atomic mass is 16.3. The molecule has 0 aliphatic rings. The molecule has 0 heterocycles. The minimum atomic E-state index is 0. The SMILES string of the molecule is C.C=C(O)CCCCCCCN(CCO)CCCCCCO. The minimum Gasteiger partial charge on any atom is -0.513 e. The Kier molecular flexibility index (Phi) is 19.9. The first-order valence-electron chi connectivity index (χ1n) is 8.51. The first-order chi connectivity index (χ1) is 10.2. The molecule has 0 unspecified atom stereocenters. The molecule has 0 aromatic carbocycles. The zero-order valence-electron chi connectivity index (χ0n) is 13.6. The zero-order chi connectivity index (χ0) is 15.8. The molecule has 0 radical (unpaired) electrons. The predicted octanol–water partition coefficient (Wildman–Crippen LogP) is 3.88. The molecular weight excluding hydrogens is 278 g/mol. The smallest absolute Gasteiger partial charge is 0.0851 e. The van der Waals surface area contributed by atoms with Crippen LogP contribution in [0, 0.1) is 0 Å². The summed E-state index contributed by atoms with van der Waals surface area (Å²) in [5, 5.41) is 26.8. The molecule has 3 N–H and O–H groups in total. The molecule has 0 spiro atoms. The van der Waals surface area contributed by atoms with Crippen molar-refractivity contribution in [1.82, 2.24) is 4.90 Å². The van der Waals surface area contributed by atoms with Crippen molar-refractivity contribution in [3.8, 4) is 0 Å². The van der Waals surface area contributed by atoms with E-state index in [-0.39, 0.29) is 14.0 Å². The molecular formula is C18H39NO3. The number of aliphatic hydroxyl groups is 3. The first kappa shape index (κ1) is 23.7. The van der Waals surface area contributed by atoms with E-state index in [1.54, 1.807) is 0 Å². The van der Waals surface area contributed by atoms with Gasteiger partial charge in [-0.2, -0.15) is 0 Å². The van der Waals surface area contributed by atoms with Crippen LogP contribution in [0.4, 0.5) is 0 Å². The minimum absolute atomic E-state index is 0. The summed E-state index contributed by atoms with van der Waals surface area (Å²) in [7, 11) is 0. The van der Waals surface area contributed by atoms with Crippen molar-refractivity contribution in [3.05, 3.63) is 12.3 Å². The summed E-state index contributed by atoms with van der Waals surface area (Å²) in [5.74, 6) is 0.297. The molecule has 22 heavy (non-hydrogen) atoms. The van der Waals surface area contributed by atoms with E-state index in [4.69, 9.17) is 15.3 Å². The van der Waals surface area contributed by atoms with Crippen molar-refractivity contribution in [3.63, 3.8) is 0 Å². The maximum absolute atomic E-state index is 9.10. The highest BCUT2D eigenvalue weighted by molar-refractivity contribution is 4.77. The van der Waals surface area contributed by atoms with Crippen LogP contribution in [0.15, 0.2) is 12.3 Å². The molecule has 0 saturated heterocycles. The molecule has 0 saturated carbocycles. The lowest BCUT2D eigenvalue weighted by molar-refractivity contribution is 0.189. The zero-order valence-corrected chi connectivity index (χ0v) is 13.6. The van der Waals surface area contributed by atoms with Crippen LogP contribution in [0.1, 0.15) is 71.6 Å². The maximum Gasteiger partial charge on any atom is 0.0851 e.